The van der Waals surface area contributed by atoms with Gasteiger partial charge in [-0.05, 0) is 37.1 Å². The van der Waals surface area contributed by atoms with Crippen LogP contribution in [-0.4, -0.2) is 7.11 Å². The van der Waals surface area contributed by atoms with Gasteiger partial charge in [-0.15, -0.1) is 0 Å². The molecule has 0 aliphatic rings. The fraction of sp³-hybridized carbons (Fsp3) is 0.333. The van der Waals surface area contributed by atoms with Crippen LogP contribution in [0.2, 0.25) is 0 Å². The van der Waals surface area contributed by atoms with Gasteiger partial charge in [0, 0.05) is 5.69 Å². The molecule has 0 heterocycles. The van der Waals surface area contributed by atoms with E-state index in [0.29, 0.717) is 11.3 Å². The van der Waals surface area contributed by atoms with Crippen LogP contribution >= 0.6 is 0 Å². The van der Waals surface area contributed by atoms with Crippen LogP contribution in [0.25, 0.3) is 0 Å². The molecule has 0 bridgehead atoms. The molecule has 1 atom stereocenters. The molecule has 21 heavy (non-hydrogen) atoms. The van der Waals surface area contributed by atoms with Crippen molar-refractivity contribution in [3.05, 3.63) is 59.4 Å². The number of methoxy groups -OCH3 is 1. The Balaban J connectivity index is 2.28. The minimum Gasteiger partial charge on any atom is -0.496 e. The quantitative estimate of drug-likeness (QED) is 0.810. The number of benzene rings is 2. The maximum Gasteiger partial charge on any atom is 0.132 e. The second kappa shape index (κ2) is 7.11. The monoisotopic (exact) mass is 287 g/mol. The molecule has 112 valence electrons. The lowest BCUT2D eigenvalue weighted by molar-refractivity contribution is 0.402. The summed E-state index contributed by atoms with van der Waals surface area (Å²) in [5.41, 5.74) is 2.87. The summed E-state index contributed by atoms with van der Waals surface area (Å²) in [5, 5.41) is 3.41. The summed E-state index contributed by atoms with van der Waals surface area (Å²) >= 11 is 0. The molecule has 0 fully saturated rings. The zero-order valence-electron chi connectivity index (χ0n) is 12.8. The molecule has 1 N–H and O–H groups in total. The van der Waals surface area contributed by atoms with Crippen LogP contribution in [0.15, 0.2) is 42.5 Å². The van der Waals surface area contributed by atoms with Gasteiger partial charge in [-0.3, -0.25) is 0 Å². The standard InChI is InChI=1S/C18H22FNO/c1-4-8-14-9-5-6-11-16(14)20-13(2)18-15(19)10-7-12-17(18)21-3/h5-7,9-13,20H,4,8H2,1-3H3. The smallest absolute Gasteiger partial charge is 0.132 e. The Morgan fingerprint density at radius 3 is 2.62 bits per heavy atom. The maximum absolute atomic E-state index is 14.1. The van der Waals surface area contributed by atoms with Crippen LogP contribution in [0.4, 0.5) is 10.1 Å². The van der Waals surface area contributed by atoms with E-state index in [1.165, 1.54) is 11.6 Å². The summed E-state index contributed by atoms with van der Waals surface area (Å²) in [5.74, 6) is 0.324. The minimum atomic E-state index is -0.248. The van der Waals surface area contributed by atoms with Gasteiger partial charge in [0.25, 0.3) is 0 Å². The molecule has 0 amide bonds. The van der Waals surface area contributed by atoms with Crippen molar-refractivity contribution >= 4 is 5.69 Å². The molecule has 2 aromatic carbocycles. The van der Waals surface area contributed by atoms with Gasteiger partial charge in [0.15, 0.2) is 0 Å². The lowest BCUT2D eigenvalue weighted by Crippen LogP contribution is -2.11. The fourth-order valence-electron chi connectivity index (χ4n) is 2.57. The molecule has 2 nitrogen and oxygen atoms in total. The minimum absolute atomic E-state index is 0.167. The Bertz CT molecular complexity index is 598. The number of anilines is 1. The number of aryl methyl sites for hydroxylation is 1. The van der Waals surface area contributed by atoms with Gasteiger partial charge in [0.1, 0.15) is 11.6 Å². The van der Waals surface area contributed by atoms with Crippen LogP contribution in [0.5, 0.6) is 5.75 Å². The molecule has 0 saturated carbocycles. The highest BCUT2D eigenvalue weighted by Gasteiger charge is 2.17. The Labute approximate surface area is 126 Å². The van der Waals surface area contributed by atoms with Crippen LogP contribution in [0.1, 0.15) is 37.4 Å². The van der Waals surface area contributed by atoms with Crippen molar-refractivity contribution in [2.24, 2.45) is 0 Å². The average molecular weight is 287 g/mol. The molecule has 2 rings (SSSR count). The summed E-state index contributed by atoms with van der Waals surface area (Å²) in [6.07, 6.45) is 2.08. The first-order chi connectivity index (χ1) is 10.2. The Morgan fingerprint density at radius 1 is 1.14 bits per heavy atom. The number of halogens is 1. The van der Waals surface area contributed by atoms with Gasteiger partial charge in [0.2, 0.25) is 0 Å². The summed E-state index contributed by atoms with van der Waals surface area (Å²) in [6.45, 7) is 4.10. The summed E-state index contributed by atoms with van der Waals surface area (Å²) in [7, 11) is 1.57. The van der Waals surface area contributed by atoms with Crippen LogP contribution in [0, 0.1) is 5.82 Å². The topological polar surface area (TPSA) is 21.3 Å². The Kier molecular flexibility index (Phi) is 5.20. The zero-order valence-corrected chi connectivity index (χ0v) is 12.8. The van der Waals surface area contributed by atoms with Crippen LogP contribution in [0.3, 0.4) is 0 Å². The van der Waals surface area contributed by atoms with Crippen molar-refractivity contribution in [1.82, 2.24) is 0 Å². The van der Waals surface area contributed by atoms with E-state index >= 15 is 0 Å². The van der Waals surface area contributed by atoms with E-state index in [0.717, 1.165) is 18.5 Å². The van der Waals surface area contributed by atoms with Crippen molar-refractivity contribution in [1.29, 1.82) is 0 Å². The molecule has 2 aromatic rings. The highest BCUT2D eigenvalue weighted by molar-refractivity contribution is 5.53. The van der Waals surface area contributed by atoms with Gasteiger partial charge in [-0.1, -0.05) is 37.6 Å². The first-order valence-corrected chi connectivity index (χ1v) is 7.34. The highest BCUT2D eigenvalue weighted by Crippen LogP contribution is 2.31. The second-order valence-electron chi connectivity index (χ2n) is 5.13. The van der Waals surface area contributed by atoms with Crippen molar-refractivity contribution in [3.8, 4) is 5.75 Å². The zero-order chi connectivity index (χ0) is 15.2. The molecular weight excluding hydrogens is 265 g/mol. The van der Waals surface area contributed by atoms with E-state index in [-0.39, 0.29) is 11.9 Å². The molecule has 0 saturated heterocycles. The average Bonchev–Trinajstić information content (AvgIpc) is 2.49. The molecule has 1 unspecified atom stereocenters. The number of nitrogens with one attached hydrogen (secondary N) is 1. The molecule has 0 radical (unpaired) electrons. The van der Waals surface area contributed by atoms with Crippen LogP contribution in [-0.2, 0) is 6.42 Å². The molecule has 0 aromatic heterocycles. The number of ether oxygens (including phenoxy) is 1. The van der Waals surface area contributed by atoms with Gasteiger partial charge in [0.05, 0.1) is 18.7 Å². The third kappa shape index (κ3) is 3.54. The predicted octanol–water partition coefficient (Wildman–Crippen LogP) is 4.96. The molecule has 0 spiro atoms. The third-order valence-corrected chi connectivity index (χ3v) is 3.57. The summed E-state index contributed by atoms with van der Waals surface area (Å²) < 4.78 is 19.4. The fourth-order valence-corrected chi connectivity index (χ4v) is 2.57. The van der Waals surface area contributed by atoms with E-state index in [1.807, 2.05) is 25.1 Å². The lowest BCUT2D eigenvalue weighted by atomic mass is 10.0. The van der Waals surface area contributed by atoms with E-state index in [9.17, 15) is 4.39 Å². The van der Waals surface area contributed by atoms with E-state index in [1.54, 1.807) is 19.2 Å². The van der Waals surface area contributed by atoms with Gasteiger partial charge < -0.3 is 10.1 Å². The first-order valence-electron chi connectivity index (χ1n) is 7.34. The molecule has 0 aliphatic heterocycles. The maximum atomic E-state index is 14.1. The number of hydrogen-bond acceptors (Lipinski definition) is 2. The van der Waals surface area contributed by atoms with E-state index < -0.39 is 0 Å². The molecule has 0 aliphatic carbocycles. The predicted molar refractivity (Wildman–Crippen MR) is 85.4 cm³/mol. The summed E-state index contributed by atoms with van der Waals surface area (Å²) in [4.78, 5) is 0. The number of hydrogen-bond donors (Lipinski definition) is 1. The van der Waals surface area contributed by atoms with Crippen LogP contribution < -0.4 is 10.1 Å². The van der Waals surface area contributed by atoms with Crippen molar-refractivity contribution in [2.45, 2.75) is 32.7 Å². The highest BCUT2D eigenvalue weighted by atomic mass is 19.1. The van der Waals surface area contributed by atoms with Crippen molar-refractivity contribution < 1.29 is 9.13 Å². The van der Waals surface area contributed by atoms with E-state index in [2.05, 4.69) is 18.3 Å². The number of para-hydroxylation sites is 1. The van der Waals surface area contributed by atoms with Crippen molar-refractivity contribution in [2.75, 3.05) is 12.4 Å². The van der Waals surface area contributed by atoms with Gasteiger partial charge in [-0.2, -0.15) is 0 Å². The van der Waals surface area contributed by atoms with Gasteiger partial charge >= 0.3 is 0 Å². The molecular formula is C18H22FNO. The van der Waals surface area contributed by atoms with E-state index in [4.69, 9.17) is 4.74 Å². The Morgan fingerprint density at radius 2 is 1.90 bits per heavy atom. The largest absolute Gasteiger partial charge is 0.496 e. The third-order valence-electron chi connectivity index (χ3n) is 3.57. The lowest BCUT2D eigenvalue weighted by Gasteiger charge is -2.21. The Hall–Kier alpha value is -2.03. The second-order valence-corrected chi connectivity index (χ2v) is 5.13. The SMILES string of the molecule is CCCc1ccccc1NC(C)c1c(F)cccc1OC. The number of rotatable bonds is 6. The van der Waals surface area contributed by atoms with Gasteiger partial charge in [-0.25, -0.2) is 4.39 Å². The normalized spacial score (nSPS) is 12.0. The van der Waals surface area contributed by atoms with Crippen molar-refractivity contribution in [3.63, 3.8) is 0 Å². The molecule has 3 heteroatoms. The first kappa shape index (κ1) is 15.4. The summed E-state index contributed by atoms with van der Waals surface area (Å²) in [6, 6.07) is 12.9.